The number of amides is 1. The molecule has 0 radical (unpaired) electrons. The van der Waals surface area contributed by atoms with Crippen LogP contribution in [0.3, 0.4) is 0 Å². The minimum Gasteiger partial charge on any atom is -0.383 e. The summed E-state index contributed by atoms with van der Waals surface area (Å²) in [5.74, 6) is -0.00743. The molecule has 2 N–H and O–H groups in total. The third kappa shape index (κ3) is 8.42. The molecule has 1 amide bonds. The predicted molar refractivity (Wildman–Crippen MR) is 81.6 cm³/mol. The average molecular weight is 296 g/mol. The van der Waals surface area contributed by atoms with Crippen molar-refractivity contribution in [2.45, 2.75) is 19.8 Å². The highest BCUT2D eigenvalue weighted by molar-refractivity contribution is 5.76. The van der Waals surface area contributed by atoms with Crippen LogP contribution in [0.5, 0.6) is 0 Å². The Hall–Kier alpha value is -1.46. The molecular weight excluding hydrogens is 271 g/mol. The van der Waals surface area contributed by atoms with Crippen LogP contribution in [0.2, 0.25) is 0 Å². The maximum absolute atomic E-state index is 13.1. The van der Waals surface area contributed by atoms with Gasteiger partial charge in [-0.1, -0.05) is 19.1 Å². The Morgan fingerprint density at radius 3 is 2.86 bits per heavy atom. The molecule has 0 aliphatic rings. The van der Waals surface area contributed by atoms with E-state index in [1.54, 1.807) is 13.2 Å². The van der Waals surface area contributed by atoms with Crippen molar-refractivity contribution in [3.05, 3.63) is 35.6 Å². The lowest BCUT2D eigenvalue weighted by atomic mass is 9.98. The van der Waals surface area contributed by atoms with E-state index in [0.717, 1.165) is 18.7 Å². The quantitative estimate of drug-likeness (QED) is 0.647. The van der Waals surface area contributed by atoms with Crippen LogP contribution in [0.25, 0.3) is 0 Å². The number of carbonyl (C=O) groups excluding carboxylic acids is 1. The number of methoxy groups -OCH3 is 1. The highest BCUT2D eigenvalue weighted by atomic mass is 19.1. The fourth-order valence-electron chi connectivity index (χ4n) is 2.12. The second-order valence-electron chi connectivity index (χ2n) is 5.24. The largest absolute Gasteiger partial charge is 0.383 e. The van der Waals surface area contributed by atoms with E-state index in [-0.39, 0.29) is 17.6 Å². The van der Waals surface area contributed by atoms with Crippen LogP contribution in [0.4, 0.5) is 4.39 Å². The summed E-state index contributed by atoms with van der Waals surface area (Å²) < 4.78 is 18.0. The molecule has 0 heterocycles. The van der Waals surface area contributed by atoms with Crippen LogP contribution in [-0.4, -0.2) is 39.3 Å². The fraction of sp³-hybridized carbons (Fsp3) is 0.562. The Balaban J connectivity index is 2.16. The topological polar surface area (TPSA) is 50.4 Å². The fourth-order valence-corrected chi connectivity index (χ4v) is 2.12. The van der Waals surface area contributed by atoms with Crippen molar-refractivity contribution in [1.82, 2.24) is 10.6 Å². The maximum atomic E-state index is 13.1. The van der Waals surface area contributed by atoms with Crippen molar-refractivity contribution in [2.75, 3.05) is 33.4 Å². The molecule has 0 fully saturated rings. The van der Waals surface area contributed by atoms with E-state index in [0.29, 0.717) is 26.0 Å². The molecule has 1 aromatic rings. The number of rotatable bonds is 10. The van der Waals surface area contributed by atoms with Gasteiger partial charge in [0.05, 0.1) is 6.61 Å². The smallest absolute Gasteiger partial charge is 0.220 e. The van der Waals surface area contributed by atoms with Gasteiger partial charge in [0.1, 0.15) is 5.82 Å². The van der Waals surface area contributed by atoms with Gasteiger partial charge in [0.25, 0.3) is 0 Å². The Bertz CT molecular complexity index is 426. The van der Waals surface area contributed by atoms with Crippen molar-refractivity contribution < 1.29 is 13.9 Å². The van der Waals surface area contributed by atoms with Gasteiger partial charge in [-0.15, -0.1) is 0 Å². The number of ether oxygens (including phenoxy) is 1. The lowest BCUT2D eigenvalue weighted by Crippen LogP contribution is -2.33. The molecule has 4 nitrogen and oxygen atoms in total. The van der Waals surface area contributed by atoms with Crippen molar-refractivity contribution >= 4 is 5.91 Å². The molecule has 0 bridgehead atoms. The lowest BCUT2D eigenvalue weighted by Gasteiger charge is -2.12. The van der Waals surface area contributed by atoms with Crippen molar-refractivity contribution in [3.63, 3.8) is 0 Å². The van der Waals surface area contributed by atoms with Crippen LogP contribution in [0.15, 0.2) is 24.3 Å². The lowest BCUT2D eigenvalue weighted by molar-refractivity contribution is -0.121. The number of hydrogen-bond donors (Lipinski definition) is 2. The van der Waals surface area contributed by atoms with Crippen molar-refractivity contribution in [3.8, 4) is 0 Å². The number of nitrogens with one attached hydrogen (secondary N) is 2. The molecule has 0 saturated carbocycles. The molecule has 0 aromatic heterocycles. The minimum absolute atomic E-state index is 0.0347. The van der Waals surface area contributed by atoms with E-state index < -0.39 is 0 Å². The minimum atomic E-state index is -0.230. The zero-order valence-corrected chi connectivity index (χ0v) is 12.8. The molecule has 1 unspecified atom stereocenters. The first kappa shape index (κ1) is 17.6. The van der Waals surface area contributed by atoms with Gasteiger partial charge in [-0.3, -0.25) is 4.79 Å². The van der Waals surface area contributed by atoms with Crippen LogP contribution in [0.1, 0.15) is 18.9 Å². The molecule has 5 heteroatoms. The monoisotopic (exact) mass is 296 g/mol. The molecule has 1 atom stereocenters. The molecule has 21 heavy (non-hydrogen) atoms. The SMILES string of the molecule is COCCNCCNC(=O)CC(C)Cc1cccc(F)c1. The van der Waals surface area contributed by atoms with Gasteiger partial charge in [-0.25, -0.2) is 4.39 Å². The summed E-state index contributed by atoms with van der Waals surface area (Å²) in [6.07, 6.45) is 1.16. The number of halogens is 1. The van der Waals surface area contributed by atoms with E-state index in [1.165, 1.54) is 12.1 Å². The summed E-state index contributed by atoms with van der Waals surface area (Å²) in [7, 11) is 1.66. The zero-order valence-electron chi connectivity index (χ0n) is 12.8. The highest BCUT2D eigenvalue weighted by Gasteiger charge is 2.09. The summed E-state index contributed by atoms with van der Waals surface area (Å²) in [5.41, 5.74) is 0.927. The van der Waals surface area contributed by atoms with E-state index >= 15 is 0 Å². The van der Waals surface area contributed by atoms with Gasteiger partial charge in [0.2, 0.25) is 5.91 Å². The summed E-state index contributed by atoms with van der Waals surface area (Å²) in [5, 5.41) is 6.03. The van der Waals surface area contributed by atoms with Crippen molar-refractivity contribution in [1.29, 1.82) is 0 Å². The first-order valence-electron chi connectivity index (χ1n) is 7.32. The van der Waals surface area contributed by atoms with E-state index in [1.807, 2.05) is 13.0 Å². The van der Waals surface area contributed by atoms with E-state index in [9.17, 15) is 9.18 Å². The molecule has 1 aromatic carbocycles. The Kier molecular flexibility index (Phi) is 8.62. The third-order valence-electron chi connectivity index (χ3n) is 3.11. The Labute approximate surface area is 126 Å². The van der Waals surface area contributed by atoms with Gasteiger partial charge >= 0.3 is 0 Å². The standard InChI is InChI=1S/C16H25FN2O2/c1-13(10-14-4-3-5-15(17)12-14)11-16(20)19-7-6-18-8-9-21-2/h3-5,12-13,18H,6-11H2,1-2H3,(H,19,20). The Morgan fingerprint density at radius 1 is 1.33 bits per heavy atom. The van der Waals surface area contributed by atoms with Crippen LogP contribution in [0, 0.1) is 11.7 Å². The summed E-state index contributed by atoms with van der Waals surface area (Å²) >= 11 is 0. The van der Waals surface area contributed by atoms with Gasteiger partial charge in [0.15, 0.2) is 0 Å². The number of hydrogen-bond acceptors (Lipinski definition) is 3. The van der Waals surface area contributed by atoms with Gasteiger partial charge in [-0.2, -0.15) is 0 Å². The third-order valence-corrected chi connectivity index (χ3v) is 3.11. The van der Waals surface area contributed by atoms with Gasteiger partial charge in [0, 0.05) is 33.2 Å². The average Bonchev–Trinajstić information content (AvgIpc) is 2.42. The highest BCUT2D eigenvalue weighted by Crippen LogP contribution is 2.12. The maximum Gasteiger partial charge on any atom is 0.220 e. The first-order valence-corrected chi connectivity index (χ1v) is 7.32. The van der Waals surface area contributed by atoms with Crippen molar-refractivity contribution in [2.24, 2.45) is 5.92 Å². The summed E-state index contributed by atoms with van der Waals surface area (Å²) in [4.78, 5) is 11.8. The molecule has 0 aliphatic carbocycles. The number of benzene rings is 1. The van der Waals surface area contributed by atoms with E-state index in [2.05, 4.69) is 10.6 Å². The van der Waals surface area contributed by atoms with Crippen LogP contribution < -0.4 is 10.6 Å². The predicted octanol–water partition coefficient (Wildman–Crippen LogP) is 1.75. The molecule has 0 saturated heterocycles. The molecule has 118 valence electrons. The first-order chi connectivity index (χ1) is 10.1. The van der Waals surface area contributed by atoms with E-state index in [4.69, 9.17) is 4.74 Å². The van der Waals surface area contributed by atoms with Gasteiger partial charge < -0.3 is 15.4 Å². The molecular formula is C16H25FN2O2. The van der Waals surface area contributed by atoms with Crippen LogP contribution >= 0.6 is 0 Å². The number of carbonyl (C=O) groups is 1. The second-order valence-corrected chi connectivity index (χ2v) is 5.24. The Morgan fingerprint density at radius 2 is 2.14 bits per heavy atom. The molecule has 1 rings (SSSR count). The van der Waals surface area contributed by atoms with Crippen LogP contribution in [-0.2, 0) is 16.0 Å². The summed E-state index contributed by atoms with van der Waals surface area (Å²) in [6, 6.07) is 6.53. The van der Waals surface area contributed by atoms with Gasteiger partial charge in [-0.05, 0) is 30.0 Å². The normalized spacial score (nSPS) is 12.1. The summed E-state index contributed by atoms with van der Waals surface area (Å²) in [6.45, 7) is 4.78. The molecule has 0 aliphatic heterocycles. The molecule has 0 spiro atoms. The zero-order chi connectivity index (χ0) is 15.5. The second kappa shape index (κ2) is 10.3.